The Labute approximate surface area is 92.9 Å². The van der Waals surface area contributed by atoms with Gasteiger partial charge in [0, 0.05) is 4.90 Å². The van der Waals surface area contributed by atoms with Gasteiger partial charge in [-0.3, -0.25) is 0 Å². The van der Waals surface area contributed by atoms with Crippen LogP contribution in [0.3, 0.4) is 0 Å². The van der Waals surface area contributed by atoms with E-state index < -0.39 is 12.2 Å². The van der Waals surface area contributed by atoms with Crippen molar-refractivity contribution in [1.82, 2.24) is 0 Å². The van der Waals surface area contributed by atoms with E-state index in [9.17, 15) is 10.2 Å². The highest BCUT2D eigenvalue weighted by molar-refractivity contribution is 7.98. The SMILES string of the molecule is CSc1cccc(C(O)C(O)CCl)c1. The molecule has 2 nitrogen and oxygen atoms in total. The highest BCUT2D eigenvalue weighted by Crippen LogP contribution is 2.22. The monoisotopic (exact) mass is 232 g/mol. The number of hydrogen-bond donors (Lipinski definition) is 2. The molecule has 4 heteroatoms. The molecule has 0 fully saturated rings. The first kappa shape index (κ1) is 11.9. The minimum absolute atomic E-state index is 0.0324. The largest absolute Gasteiger partial charge is 0.389 e. The van der Waals surface area contributed by atoms with Crippen LogP contribution in [-0.2, 0) is 0 Å². The van der Waals surface area contributed by atoms with Gasteiger partial charge in [0.2, 0.25) is 0 Å². The van der Waals surface area contributed by atoms with Gasteiger partial charge in [-0.25, -0.2) is 0 Å². The topological polar surface area (TPSA) is 40.5 Å². The first-order valence-corrected chi connectivity index (χ1v) is 6.01. The summed E-state index contributed by atoms with van der Waals surface area (Å²) in [4.78, 5) is 1.06. The third kappa shape index (κ3) is 2.89. The summed E-state index contributed by atoms with van der Waals surface area (Å²) in [5, 5.41) is 19.0. The van der Waals surface area contributed by atoms with Crippen LogP contribution in [0.25, 0.3) is 0 Å². The molecule has 0 heterocycles. The molecule has 0 aliphatic rings. The Hall–Kier alpha value is -0.220. The fraction of sp³-hybridized carbons (Fsp3) is 0.400. The predicted octanol–water partition coefficient (Wildman–Crippen LogP) is 2.04. The van der Waals surface area contributed by atoms with Crippen LogP contribution in [0.5, 0.6) is 0 Å². The number of halogens is 1. The van der Waals surface area contributed by atoms with E-state index in [2.05, 4.69) is 0 Å². The lowest BCUT2D eigenvalue weighted by atomic mass is 10.1. The molecule has 0 spiro atoms. The third-order valence-electron chi connectivity index (χ3n) is 1.96. The van der Waals surface area contributed by atoms with Crippen molar-refractivity contribution in [2.75, 3.05) is 12.1 Å². The Kier molecular flexibility index (Phi) is 4.75. The van der Waals surface area contributed by atoms with Gasteiger partial charge in [-0.05, 0) is 24.0 Å². The molecule has 0 saturated heterocycles. The minimum atomic E-state index is -0.909. The number of rotatable bonds is 4. The standard InChI is InChI=1S/C10H13ClO2S/c1-14-8-4-2-3-7(5-8)10(13)9(12)6-11/h2-5,9-10,12-13H,6H2,1H3. The van der Waals surface area contributed by atoms with E-state index in [0.717, 1.165) is 4.90 Å². The second-order valence-electron chi connectivity index (χ2n) is 2.94. The summed E-state index contributed by atoms with van der Waals surface area (Å²) in [6, 6.07) is 7.44. The predicted molar refractivity (Wildman–Crippen MR) is 59.9 cm³/mol. The van der Waals surface area contributed by atoms with Gasteiger partial charge in [0.25, 0.3) is 0 Å². The van der Waals surface area contributed by atoms with E-state index in [1.54, 1.807) is 17.8 Å². The molecule has 1 aromatic carbocycles. The van der Waals surface area contributed by atoms with Crippen molar-refractivity contribution in [2.24, 2.45) is 0 Å². The zero-order chi connectivity index (χ0) is 10.6. The molecule has 0 saturated carbocycles. The Morgan fingerprint density at radius 2 is 2.14 bits per heavy atom. The normalized spacial score (nSPS) is 15.1. The van der Waals surface area contributed by atoms with Crippen molar-refractivity contribution in [2.45, 2.75) is 17.1 Å². The van der Waals surface area contributed by atoms with Crippen LogP contribution in [-0.4, -0.2) is 28.5 Å². The average Bonchev–Trinajstić information content (AvgIpc) is 2.27. The molecule has 0 radical (unpaired) electrons. The van der Waals surface area contributed by atoms with E-state index in [4.69, 9.17) is 11.6 Å². The molecule has 2 atom stereocenters. The molecule has 2 unspecified atom stereocenters. The molecule has 0 aromatic heterocycles. The van der Waals surface area contributed by atoms with Crippen LogP contribution < -0.4 is 0 Å². The Morgan fingerprint density at radius 3 is 2.71 bits per heavy atom. The molecule has 0 amide bonds. The molecule has 0 aliphatic carbocycles. The number of aliphatic hydroxyl groups excluding tert-OH is 2. The minimum Gasteiger partial charge on any atom is -0.389 e. The lowest BCUT2D eigenvalue weighted by Crippen LogP contribution is -2.19. The van der Waals surface area contributed by atoms with Crippen LogP contribution in [0.1, 0.15) is 11.7 Å². The summed E-state index contributed by atoms with van der Waals surface area (Å²) in [5.74, 6) is 0.0324. The Morgan fingerprint density at radius 1 is 1.43 bits per heavy atom. The van der Waals surface area contributed by atoms with Gasteiger partial charge in [0.05, 0.1) is 12.0 Å². The van der Waals surface area contributed by atoms with Gasteiger partial charge in [0.1, 0.15) is 6.10 Å². The number of hydrogen-bond acceptors (Lipinski definition) is 3. The molecular weight excluding hydrogens is 220 g/mol. The molecule has 2 N–H and O–H groups in total. The zero-order valence-corrected chi connectivity index (χ0v) is 9.42. The second-order valence-corrected chi connectivity index (χ2v) is 4.13. The average molecular weight is 233 g/mol. The van der Waals surface area contributed by atoms with Gasteiger partial charge in [0.15, 0.2) is 0 Å². The number of aliphatic hydroxyl groups is 2. The lowest BCUT2D eigenvalue weighted by Gasteiger charge is -2.16. The summed E-state index contributed by atoms with van der Waals surface area (Å²) < 4.78 is 0. The van der Waals surface area contributed by atoms with Crippen molar-refractivity contribution >= 4 is 23.4 Å². The molecular formula is C10H13ClO2S. The van der Waals surface area contributed by atoms with Crippen molar-refractivity contribution < 1.29 is 10.2 Å². The maximum atomic E-state index is 9.67. The van der Waals surface area contributed by atoms with E-state index in [-0.39, 0.29) is 5.88 Å². The van der Waals surface area contributed by atoms with Gasteiger partial charge >= 0.3 is 0 Å². The molecule has 78 valence electrons. The first-order valence-electron chi connectivity index (χ1n) is 4.25. The van der Waals surface area contributed by atoms with Crippen molar-refractivity contribution in [3.8, 4) is 0 Å². The molecule has 0 bridgehead atoms. The highest BCUT2D eigenvalue weighted by atomic mass is 35.5. The summed E-state index contributed by atoms with van der Waals surface area (Å²) in [5.41, 5.74) is 0.699. The summed E-state index contributed by atoms with van der Waals surface area (Å²) in [6.45, 7) is 0. The summed E-state index contributed by atoms with van der Waals surface area (Å²) in [7, 11) is 0. The van der Waals surface area contributed by atoms with Crippen molar-refractivity contribution in [3.05, 3.63) is 29.8 Å². The quantitative estimate of drug-likeness (QED) is 0.617. The van der Waals surface area contributed by atoms with Crippen LogP contribution in [0, 0.1) is 0 Å². The van der Waals surface area contributed by atoms with Crippen LogP contribution >= 0.6 is 23.4 Å². The summed E-state index contributed by atoms with van der Waals surface area (Å²) >= 11 is 7.05. The lowest BCUT2D eigenvalue weighted by molar-refractivity contribution is 0.0326. The zero-order valence-electron chi connectivity index (χ0n) is 7.85. The molecule has 0 aliphatic heterocycles. The number of alkyl halides is 1. The molecule has 14 heavy (non-hydrogen) atoms. The Bertz CT molecular complexity index is 293. The Balaban J connectivity index is 2.83. The van der Waals surface area contributed by atoms with E-state index in [0.29, 0.717) is 5.56 Å². The fourth-order valence-corrected chi connectivity index (χ4v) is 1.77. The van der Waals surface area contributed by atoms with Gasteiger partial charge in [-0.2, -0.15) is 0 Å². The summed E-state index contributed by atoms with van der Waals surface area (Å²) in [6.07, 6.45) is 0.150. The number of benzene rings is 1. The van der Waals surface area contributed by atoms with E-state index in [1.807, 2.05) is 24.5 Å². The molecule has 1 aromatic rings. The maximum absolute atomic E-state index is 9.67. The van der Waals surface area contributed by atoms with Gasteiger partial charge < -0.3 is 10.2 Å². The van der Waals surface area contributed by atoms with Crippen LogP contribution in [0.4, 0.5) is 0 Å². The first-order chi connectivity index (χ1) is 6.69. The maximum Gasteiger partial charge on any atom is 0.106 e. The molecule has 1 rings (SSSR count). The van der Waals surface area contributed by atoms with E-state index in [1.165, 1.54) is 0 Å². The van der Waals surface area contributed by atoms with Gasteiger partial charge in [-0.15, -0.1) is 23.4 Å². The van der Waals surface area contributed by atoms with E-state index >= 15 is 0 Å². The van der Waals surface area contributed by atoms with Gasteiger partial charge in [-0.1, -0.05) is 12.1 Å². The highest BCUT2D eigenvalue weighted by Gasteiger charge is 2.17. The number of thioether (sulfide) groups is 1. The van der Waals surface area contributed by atoms with Crippen LogP contribution in [0.15, 0.2) is 29.2 Å². The third-order valence-corrected chi connectivity index (χ3v) is 3.00. The van der Waals surface area contributed by atoms with Crippen molar-refractivity contribution in [1.29, 1.82) is 0 Å². The second kappa shape index (κ2) is 5.61. The van der Waals surface area contributed by atoms with Crippen LogP contribution in [0.2, 0.25) is 0 Å². The fourth-order valence-electron chi connectivity index (χ4n) is 1.13. The van der Waals surface area contributed by atoms with Crippen molar-refractivity contribution in [3.63, 3.8) is 0 Å². The smallest absolute Gasteiger partial charge is 0.106 e.